The second kappa shape index (κ2) is 4.06. The summed E-state index contributed by atoms with van der Waals surface area (Å²) in [6.45, 7) is 0. The third kappa shape index (κ3) is 2.19. The maximum atomic E-state index is 12.3. The van der Waals surface area contributed by atoms with Gasteiger partial charge in [-0.1, -0.05) is 24.3 Å². The summed E-state index contributed by atoms with van der Waals surface area (Å²) in [5, 5.41) is 1.11. The van der Waals surface area contributed by atoms with Crippen LogP contribution in [-0.4, -0.2) is 0 Å². The van der Waals surface area contributed by atoms with Crippen LogP contribution in [0.15, 0.2) is 41.7 Å². The Morgan fingerprint density at radius 1 is 1.06 bits per heavy atom. The summed E-state index contributed by atoms with van der Waals surface area (Å²) < 4.78 is 37.0. The van der Waals surface area contributed by atoms with E-state index < -0.39 is 11.7 Å². The number of alkyl halides is 3. The Morgan fingerprint density at radius 2 is 1.69 bits per heavy atom. The van der Waals surface area contributed by atoms with Gasteiger partial charge in [0, 0.05) is 0 Å². The number of rotatable bonds is 1. The molecule has 0 bridgehead atoms. The third-order valence-corrected chi connectivity index (χ3v) is 3.04. The van der Waals surface area contributed by atoms with Crippen molar-refractivity contribution in [3.05, 3.63) is 52.9 Å². The zero-order valence-corrected chi connectivity index (χ0v) is 9.54. The highest BCUT2D eigenvalue weighted by Crippen LogP contribution is 2.34. The largest absolute Gasteiger partial charge is 0.416 e. The van der Waals surface area contributed by atoms with Crippen molar-refractivity contribution in [2.45, 2.75) is 12.6 Å². The molecule has 0 saturated carbocycles. The predicted octanol–water partition coefficient (Wildman–Crippen LogP) is 4.25. The Balaban J connectivity index is 2.34. The van der Waals surface area contributed by atoms with Crippen LogP contribution in [0.4, 0.5) is 13.2 Å². The van der Waals surface area contributed by atoms with E-state index in [1.165, 1.54) is 12.1 Å². The summed E-state index contributed by atoms with van der Waals surface area (Å²) in [6.07, 6.45) is 0.517. The maximum absolute atomic E-state index is 12.3. The Hall–Kier alpha value is -1.08. The van der Waals surface area contributed by atoms with Crippen molar-refractivity contribution in [1.29, 1.82) is 0 Å². The Labute approximate surface area is 94.1 Å². The first kappa shape index (κ1) is 11.4. The van der Waals surface area contributed by atoms with E-state index in [1.807, 2.05) is 12.2 Å². The molecule has 0 nitrogen and oxygen atoms in total. The van der Waals surface area contributed by atoms with Gasteiger partial charge in [0.1, 0.15) is 0 Å². The van der Waals surface area contributed by atoms with E-state index in [1.54, 1.807) is 0 Å². The van der Waals surface area contributed by atoms with E-state index in [2.05, 4.69) is 9.24 Å². The average molecular weight is 242 g/mol. The zero-order chi connectivity index (χ0) is 11.8. The molecule has 0 aromatic heterocycles. The van der Waals surface area contributed by atoms with Crippen molar-refractivity contribution >= 4 is 14.8 Å². The highest BCUT2D eigenvalue weighted by Gasteiger charge is 2.30. The van der Waals surface area contributed by atoms with Crippen molar-refractivity contribution in [3.63, 3.8) is 0 Å². The lowest BCUT2D eigenvalue weighted by Gasteiger charge is -2.08. The molecule has 0 fully saturated rings. The van der Waals surface area contributed by atoms with E-state index in [-0.39, 0.29) is 0 Å². The molecular formula is C12H10F3P. The molecule has 1 aromatic carbocycles. The summed E-state index contributed by atoms with van der Waals surface area (Å²) in [5.74, 6) is 0. The maximum Gasteiger partial charge on any atom is 0.416 e. The first-order chi connectivity index (χ1) is 7.48. The quantitative estimate of drug-likeness (QED) is 0.646. The van der Waals surface area contributed by atoms with Crippen LogP contribution in [0, 0.1) is 0 Å². The van der Waals surface area contributed by atoms with Crippen molar-refractivity contribution in [2.75, 3.05) is 0 Å². The molecule has 0 heterocycles. The lowest BCUT2D eigenvalue weighted by atomic mass is 10.0. The second-order valence-corrected chi connectivity index (χ2v) is 4.32. The topological polar surface area (TPSA) is 0 Å². The summed E-state index contributed by atoms with van der Waals surface area (Å²) in [4.78, 5) is 0. The number of benzene rings is 1. The smallest absolute Gasteiger partial charge is 0.166 e. The normalized spacial score (nSPS) is 16.0. The Kier molecular flexibility index (Phi) is 2.90. The molecule has 0 saturated heterocycles. The van der Waals surface area contributed by atoms with Crippen LogP contribution in [0.3, 0.4) is 0 Å². The van der Waals surface area contributed by atoms with Crippen LogP contribution < -0.4 is 0 Å². The van der Waals surface area contributed by atoms with Gasteiger partial charge in [0.25, 0.3) is 0 Å². The van der Waals surface area contributed by atoms with Gasteiger partial charge in [-0.25, -0.2) is 0 Å². The van der Waals surface area contributed by atoms with Gasteiger partial charge < -0.3 is 0 Å². The van der Waals surface area contributed by atoms with Gasteiger partial charge in [-0.05, 0) is 35.0 Å². The third-order valence-electron chi connectivity index (χ3n) is 2.49. The van der Waals surface area contributed by atoms with Gasteiger partial charge in [0.2, 0.25) is 0 Å². The molecule has 0 radical (unpaired) electrons. The zero-order valence-electron chi connectivity index (χ0n) is 8.38. The molecule has 84 valence electrons. The minimum absolute atomic E-state index is 0.607. The van der Waals surface area contributed by atoms with E-state index in [0.717, 1.165) is 35.0 Å². The first-order valence-electron chi connectivity index (χ1n) is 4.81. The van der Waals surface area contributed by atoms with E-state index >= 15 is 0 Å². The lowest BCUT2D eigenvalue weighted by Crippen LogP contribution is -2.04. The van der Waals surface area contributed by atoms with Crippen LogP contribution in [-0.2, 0) is 6.18 Å². The monoisotopic (exact) mass is 242 g/mol. The van der Waals surface area contributed by atoms with Crippen LogP contribution in [0.25, 0.3) is 5.57 Å². The lowest BCUT2D eigenvalue weighted by molar-refractivity contribution is -0.137. The molecule has 1 unspecified atom stereocenters. The molecule has 0 N–H and O–H groups in total. The van der Waals surface area contributed by atoms with Gasteiger partial charge in [-0.15, -0.1) is 9.24 Å². The summed E-state index contributed by atoms with van der Waals surface area (Å²) >= 11 is 0. The predicted molar refractivity (Wildman–Crippen MR) is 61.8 cm³/mol. The van der Waals surface area contributed by atoms with Crippen LogP contribution >= 0.6 is 9.24 Å². The van der Waals surface area contributed by atoms with Crippen molar-refractivity contribution < 1.29 is 13.2 Å². The molecule has 2 rings (SSSR count). The fraction of sp³-hybridized carbons (Fsp3) is 0.167. The molecule has 16 heavy (non-hydrogen) atoms. The number of allylic oxidation sites excluding steroid dienone is 4. The number of halogens is 3. The van der Waals surface area contributed by atoms with Crippen molar-refractivity contribution in [1.82, 2.24) is 0 Å². The molecule has 0 amide bonds. The van der Waals surface area contributed by atoms with Crippen molar-refractivity contribution in [3.8, 4) is 0 Å². The van der Waals surface area contributed by atoms with E-state index in [9.17, 15) is 13.2 Å². The Bertz CT molecular complexity index is 452. The van der Waals surface area contributed by atoms with Gasteiger partial charge in [-0.2, -0.15) is 13.2 Å². The fourth-order valence-corrected chi connectivity index (χ4v) is 2.04. The van der Waals surface area contributed by atoms with Crippen LogP contribution in [0.5, 0.6) is 0 Å². The molecule has 1 aromatic rings. The first-order valence-corrected chi connectivity index (χ1v) is 5.39. The SMILES string of the molecule is FC(F)(F)c1ccc(C2=C(P)CC=C2)cc1. The second-order valence-electron chi connectivity index (χ2n) is 3.62. The van der Waals surface area contributed by atoms with Gasteiger partial charge in [0.15, 0.2) is 0 Å². The molecule has 0 spiro atoms. The molecule has 4 heteroatoms. The van der Waals surface area contributed by atoms with Gasteiger partial charge in [0.05, 0.1) is 5.56 Å². The minimum Gasteiger partial charge on any atom is -0.166 e. The number of hydrogen-bond acceptors (Lipinski definition) is 0. The molecule has 0 aliphatic heterocycles. The fourth-order valence-electron chi connectivity index (χ4n) is 1.64. The molecule has 1 aliphatic carbocycles. The highest BCUT2D eigenvalue weighted by atomic mass is 31.0. The van der Waals surface area contributed by atoms with Gasteiger partial charge >= 0.3 is 6.18 Å². The number of hydrogen-bond donors (Lipinski definition) is 0. The van der Waals surface area contributed by atoms with Crippen molar-refractivity contribution in [2.24, 2.45) is 0 Å². The van der Waals surface area contributed by atoms with E-state index in [4.69, 9.17) is 0 Å². The Morgan fingerprint density at radius 3 is 2.12 bits per heavy atom. The average Bonchev–Trinajstić information content (AvgIpc) is 2.63. The standard InChI is InChI=1S/C12H10F3P/c13-12(14,15)9-6-4-8(5-7-9)10-2-1-3-11(10)16/h1-2,4-7H,3,16H2. The summed E-state index contributed by atoms with van der Waals surface area (Å²) in [7, 11) is 2.62. The van der Waals surface area contributed by atoms with E-state index in [0.29, 0.717) is 0 Å². The molecule has 1 aliphatic rings. The molecular weight excluding hydrogens is 232 g/mol. The highest BCUT2D eigenvalue weighted by molar-refractivity contribution is 7.23. The van der Waals surface area contributed by atoms with Crippen LogP contribution in [0.2, 0.25) is 0 Å². The minimum atomic E-state index is -4.26. The summed E-state index contributed by atoms with van der Waals surface area (Å²) in [5.41, 5.74) is 1.22. The van der Waals surface area contributed by atoms with Gasteiger partial charge in [-0.3, -0.25) is 0 Å². The molecule has 1 atom stereocenters. The van der Waals surface area contributed by atoms with Crippen LogP contribution in [0.1, 0.15) is 17.5 Å². The summed E-state index contributed by atoms with van der Waals surface area (Å²) in [6, 6.07) is 5.26.